The Bertz CT molecular complexity index is 1490. The maximum atomic E-state index is 13.6. The molecule has 0 aliphatic carbocycles. The summed E-state index contributed by atoms with van der Waals surface area (Å²) < 4.78 is 6.06. The minimum atomic E-state index is -1.51. The minimum Gasteiger partial charge on any atom is -0.489 e. The van der Waals surface area contributed by atoms with E-state index in [0.717, 1.165) is 22.3 Å². The highest BCUT2D eigenvalue weighted by atomic mass is 16.5. The van der Waals surface area contributed by atoms with Crippen LogP contribution in [0.4, 0.5) is 4.79 Å². The standard InChI is InChI=1S/C32H34N4O5/c1-20-9-10-21(2)24(17-20)19-41-25-13-11-23(12-14-25)27(31(3)28(38)34-30(40)36-31)32(15-16-33-29(32)39)35-26(37)18-22-7-5-4-6-8-22/h4-14,17,27H,15-16,18-19H2,1-3H3,(H,33,39)(H,35,37)(H2,34,36,38,40). The summed E-state index contributed by atoms with van der Waals surface area (Å²) in [7, 11) is 0. The third-order valence-corrected chi connectivity index (χ3v) is 8.03. The van der Waals surface area contributed by atoms with Gasteiger partial charge >= 0.3 is 6.03 Å². The molecule has 2 heterocycles. The number of urea groups is 1. The van der Waals surface area contributed by atoms with Gasteiger partial charge < -0.3 is 20.7 Å². The van der Waals surface area contributed by atoms with Crippen LogP contribution in [-0.4, -0.2) is 41.4 Å². The summed E-state index contributed by atoms with van der Waals surface area (Å²) in [6, 6.07) is 21.9. The lowest BCUT2D eigenvalue weighted by Crippen LogP contribution is -2.66. The second-order valence-electron chi connectivity index (χ2n) is 11.0. The summed E-state index contributed by atoms with van der Waals surface area (Å²) >= 11 is 0. The van der Waals surface area contributed by atoms with Gasteiger partial charge in [-0.25, -0.2) is 4.79 Å². The summed E-state index contributed by atoms with van der Waals surface area (Å²) in [4.78, 5) is 52.5. The molecule has 9 heteroatoms. The summed E-state index contributed by atoms with van der Waals surface area (Å²) in [5.41, 5.74) is 1.74. The van der Waals surface area contributed by atoms with Crippen LogP contribution in [0, 0.1) is 13.8 Å². The molecule has 0 radical (unpaired) electrons. The van der Waals surface area contributed by atoms with Gasteiger partial charge in [0.2, 0.25) is 11.8 Å². The van der Waals surface area contributed by atoms with Crippen molar-refractivity contribution in [2.75, 3.05) is 6.54 Å². The molecule has 0 bridgehead atoms. The molecule has 41 heavy (non-hydrogen) atoms. The van der Waals surface area contributed by atoms with Crippen LogP contribution in [0.3, 0.4) is 0 Å². The molecular weight excluding hydrogens is 520 g/mol. The molecule has 3 aromatic rings. The summed E-state index contributed by atoms with van der Waals surface area (Å²) in [6.07, 6.45) is 0.295. The number of amides is 5. The Hall–Kier alpha value is -4.66. The molecule has 4 N–H and O–H groups in total. The molecule has 2 aliphatic heterocycles. The average molecular weight is 555 g/mol. The number of nitrogens with one attached hydrogen (secondary N) is 4. The smallest absolute Gasteiger partial charge is 0.322 e. The molecule has 3 aromatic carbocycles. The van der Waals surface area contributed by atoms with Crippen LogP contribution in [0.15, 0.2) is 72.8 Å². The van der Waals surface area contributed by atoms with Crippen molar-refractivity contribution < 1.29 is 23.9 Å². The van der Waals surface area contributed by atoms with Crippen LogP contribution in [0.25, 0.3) is 0 Å². The van der Waals surface area contributed by atoms with Crippen LogP contribution < -0.4 is 26.0 Å². The number of carbonyl (C=O) groups is 4. The fraction of sp³-hybridized carbons (Fsp3) is 0.312. The first-order chi connectivity index (χ1) is 19.6. The third-order valence-electron chi connectivity index (χ3n) is 8.03. The lowest BCUT2D eigenvalue weighted by Gasteiger charge is -2.43. The Morgan fingerprint density at radius 2 is 1.71 bits per heavy atom. The monoisotopic (exact) mass is 554 g/mol. The van der Waals surface area contributed by atoms with E-state index in [9.17, 15) is 19.2 Å². The molecule has 2 fully saturated rings. The van der Waals surface area contributed by atoms with Gasteiger partial charge in [-0.2, -0.15) is 0 Å². The SMILES string of the molecule is Cc1ccc(C)c(COc2ccc(C(C3(C)NC(=O)NC3=O)C3(NC(=O)Cc4ccccc4)CCNC3=O)cc2)c1. The molecular formula is C32H34N4O5. The maximum absolute atomic E-state index is 13.6. The van der Waals surface area contributed by atoms with E-state index < -0.39 is 34.8 Å². The normalized spacial score (nSPS) is 22.5. The van der Waals surface area contributed by atoms with Crippen molar-refractivity contribution in [1.29, 1.82) is 0 Å². The highest BCUT2D eigenvalue weighted by Crippen LogP contribution is 2.43. The van der Waals surface area contributed by atoms with E-state index >= 15 is 0 Å². The second-order valence-corrected chi connectivity index (χ2v) is 11.0. The number of hydrogen-bond donors (Lipinski definition) is 4. The molecule has 2 saturated heterocycles. The van der Waals surface area contributed by atoms with E-state index in [-0.39, 0.29) is 18.7 Å². The summed E-state index contributed by atoms with van der Waals surface area (Å²) in [5.74, 6) is -1.65. The van der Waals surface area contributed by atoms with Crippen molar-refractivity contribution in [2.24, 2.45) is 0 Å². The van der Waals surface area contributed by atoms with Crippen molar-refractivity contribution in [3.63, 3.8) is 0 Å². The first kappa shape index (κ1) is 27.9. The van der Waals surface area contributed by atoms with Gasteiger partial charge in [0, 0.05) is 12.5 Å². The van der Waals surface area contributed by atoms with Crippen LogP contribution >= 0.6 is 0 Å². The Labute approximate surface area is 239 Å². The van der Waals surface area contributed by atoms with Crippen LogP contribution in [0.2, 0.25) is 0 Å². The quantitative estimate of drug-likeness (QED) is 0.303. The van der Waals surface area contributed by atoms with E-state index in [0.29, 0.717) is 24.5 Å². The Kier molecular flexibility index (Phi) is 7.53. The summed E-state index contributed by atoms with van der Waals surface area (Å²) in [5, 5.41) is 10.9. The average Bonchev–Trinajstić information content (AvgIpc) is 3.42. The van der Waals surface area contributed by atoms with Gasteiger partial charge in [0.25, 0.3) is 5.91 Å². The number of carbonyl (C=O) groups excluding carboxylic acids is 4. The van der Waals surface area contributed by atoms with E-state index in [1.807, 2.05) is 44.2 Å². The fourth-order valence-electron chi connectivity index (χ4n) is 5.93. The van der Waals surface area contributed by atoms with Crippen LogP contribution in [0.5, 0.6) is 5.75 Å². The molecule has 2 aliphatic rings. The first-order valence-electron chi connectivity index (χ1n) is 13.7. The molecule has 212 valence electrons. The van der Waals surface area contributed by atoms with Crippen molar-refractivity contribution in [2.45, 2.75) is 57.2 Å². The molecule has 3 atom stereocenters. The Morgan fingerprint density at radius 1 is 0.976 bits per heavy atom. The van der Waals surface area contributed by atoms with Crippen LogP contribution in [-0.2, 0) is 27.4 Å². The van der Waals surface area contributed by atoms with Gasteiger partial charge in [0.15, 0.2) is 0 Å². The highest BCUT2D eigenvalue weighted by molar-refractivity contribution is 6.08. The zero-order valence-electron chi connectivity index (χ0n) is 23.4. The predicted octanol–water partition coefficient (Wildman–Crippen LogP) is 3.18. The molecule has 0 aromatic heterocycles. The lowest BCUT2D eigenvalue weighted by molar-refractivity contribution is -0.135. The van der Waals surface area contributed by atoms with Gasteiger partial charge in [-0.15, -0.1) is 0 Å². The van der Waals surface area contributed by atoms with E-state index in [1.165, 1.54) is 0 Å². The number of hydrogen-bond acceptors (Lipinski definition) is 5. The molecule has 9 nitrogen and oxygen atoms in total. The van der Waals surface area contributed by atoms with Crippen molar-refractivity contribution in [3.05, 3.63) is 101 Å². The molecule has 0 spiro atoms. The van der Waals surface area contributed by atoms with Gasteiger partial charge in [-0.3, -0.25) is 19.7 Å². The molecule has 5 rings (SSSR count). The van der Waals surface area contributed by atoms with Crippen LogP contribution in [0.1, 0.15) is 47.1 Å². The second kappa shape index (κ2) is 11.1. The zero-order chi connectivity index (χ0) is 29.2. The van der Waals surface area contributed by atoms with Gasteiger partial charge in [-0.05, 0) is 61.6 Å². The van der Waals surface area contributed by atoms with Gasteiger partial charge in [-0.1, -0.05) is 66.2 Å². The number of imide groups is 1. The van der Waals surface area contributed by atoms with Crippen molar-refractivity contribution >= 4 is 23.8 Å². The minimum absolute atomic E-state index is 0.0585. The van der Waals surface area contributed by atoms with Gasteiger partial charge in [0.05, 0.1) is 6.42 Å². The van der Waals surface area contributed by atoms with Crippen molar-refractivity contribution in [3.8, 4) is 5.75 Å². The molecule has 0 saturated carbocycles. The fourth-order valence-corrected chi connectivity index (χ4v) is 5.93. The third kappa shape index (κ3) is 5.52. The number of aryl methyl sites for hydroxylation is 2. The Morgan fingerprint density at radius 3 is 2.34 bits per heavy atom. The van der Waals surface area contributed by atoms with E-state index in [1.54, 1.807) is 31.2 Å². The van der Waals surface area contributed by atoms with E-state index in [2.05, 4.69) is 39.5 Å². The zero-order valence-corrected chi connectivity index (χ0v) is 23.4. The molecule has 3 unspecified atom stereocenters. The van der Waals surface area contributed by atoms with Gasteiger partial charge in [0.1, 0.15) is 23.4 Å². The largest absolute Gasteiger partial charge is 0.489 e. The van der Waals surface area contributed by atoms with E-state index in [4.69, 9.17) is 4.74 Å². The molecule has 5 amide bonds. The lowest BCUT2D eigenvalue weighted by atomic mass is 9.67. The number of benzene rings is 3. The van der Waals surface area contributed by atoms with Crippen molar-refractivity contribution in [1.82, 2.24) is 21.3 Å². The summed E-state index contributed by atoms with van der Waals surface area (Å²) in [6.45, 7) is 6.34. The first-order valence-corrected chi connectivity index (χ1v) is 13.7. The number of rotatable bonds is 9. The maximum Gasteiger partial charge on any atom is 0.322 e. The number of ether oxygens (including phenoxy) is 1. The topological polar surface area (TPSA) is 126 Å². The predicted molar refractivity (Wildman–Crippen MR) is 153 cm³/mol. The highest BCUT2D eigenvalue weighted by Gasteiger charge is 2.61. The Balaban J connectivity index is 1.48.